The maximum Gasteiger partial charge on any atom is 0.326 e. The highest BCUT2D eigenvalue weighted by Crippen LogP contribution is 2.20. The molecule has 1 heterocycles. The van der Waals surface area contributed by atoms with Crippen molar-refractivity contribution in [2.24, 2.45) is 34.8 Å². The van der Waals surface area contributed by atoms with Crippen molar-refractivity contribution in [3.63, 3.8) is 0 Å². The van der Waals surface area contributed by atoms with E-state index in [4.69, 9.17) is 22.9 Å². The molecule has 26 nitrogen and oxygen atoms in total. The molecule has 1 fully saturated rings. The van der Waals surface area contributed by atoms with Gasteiger partial charge in [0.1, 0.15) is 42.3 Å². The molecule has 67 heavy (non-hydrogen) atoms. The molecule has 9 amide bonds. The molecule has 1 rings (SSSR count). The molecule has 0 bridgehead atoms. The molecule has 0 aromatic carbocycles. The van der Waals surface area contributed by atoms with Crippen molar-refractivity contribution >= 4 is 71.1 Å². The van der Waals surface area contributed by atoms with Crippen LogP contribution in [-0.4, -0.2) is 153 Å². The van der Waals surface area contributed by atoms with Crippen molar-refractivity contribution in [1.29, 1.82) is 0 Å². The van der Waals surface area contributed by atoms with Crippen molar-refractivity contribution in [2.45, 2.75) is 160 Å². The molecule has 0 unspecified atom stereocenters. The van der Waals surface area contributed by atoms with Gasteiger partial charge in [0.05, 0.1) is 18.9 Å². The second-order valence-electron chi connectivity index (χ2n) is 17.3. The van der Waals surface area contributed by atoms with Crippen LogP contribution in [0.15, 0.2) is 0 Å². The number of hydrogen-bond donors (Lipinski definition) is 13. The first kappa shape index (κ1) is 58.6. The number of primary amides is 2. The van der Waals surface area contributed by atoms with Gasteiger partial charge in [-0.1, -0.05) is 27.7 Å². The smallest absolute Gasteiger partial charge is 0.326 e. The number of rotatable bonds is 32. The quantitative estimate of drug-likeness (QED) is 0.0286. The predicted octanol–water partition coefficient (Wildman–Crippen LogP) is -4.00. The first-order valence-electron chi connectivity index (χ1n) is 22.1. The van der Waals surface area contributed by atoms with Crippen molar-refractivity contribution in [1.82, 2.24) is 36.8 Å². The Hall–Kier alpha value is -6.44. The zero-order valence-corrected chi connectivity index (χ0v) is 38.4. The minimum absolute atomic E-state index is 0.00537. The lowest BCUT2D eigenvalue weighted by Crippen LogP contribution is -2.60. The molecular weight excluding hydrogens is 887 g/mol. The van der Waals surface area contributed by atoms with Gasteiger partial charge in [-0.3, -0.25) is 52.7 Å². The van der Waals surface area contributed by atoms with Gasteiger partial charge >= 0.3 is 17.9 Å². The van der Waals surface area contributed by atoms with Crippen LogP contribution in [0.25, 0.3) is 0 Å². The van der Waals surface area contributed by atoms with Crippen LogP contribution in [0.2, 0.25) is 0 Å². The molecule has 1 aliphatic heterocycles. The van der Waals surface area contributed by atoms with E-state index in [1.807, 2.05) is 13.8 Å². The van der Waals surface area contributed by atoms with E-state index < -0.39 is 158 Å². The molecule has 1 saturated heterocycles. The number of carbonyl (C=O) groups is 12. The minimum atomic E-state index is -1.94. The van der Waals surface area contributed by atoms with E-state index in [0.29, 0.717) is 12.8 Å². The second kappa shape index (κ2) is 29.3. The Labute approximate surface area is 387 Å². The van der Waals surface area contributed by atoms with Crippen LogP contribution in [0.1, 0.15) is 111 Å². The molecule has 17 N–H and O–H groups in total. The van der Waals surface area contributed by atoms with E-state index in [9.17, 15) is 72.9 Å². The maximum atomic E-state index is 14.0. The van der Waals surface area contributed by atoms with Crippen LogP contribution >= 0.6 is 0 Å². The van der Waals surface area contributed by atoms with E-state index in [1.54, 1.807) is 13.8 Å². The van der Waals surface area contributed by atoms with Gasteiger partial charge in [-0.05, 0) is 76.2 Å². The number of nitrogens with two attached hydrogens (primary N) is 4. The van der Waals surface area contributed by atoms with Crippen molar-refractivity contribution in [3.05, 3.63) is 0 Å². The first-order valence-corrected chi connectivity index (χ1v) is 22.1. The molecule has 0 spiro atoms. The normalized spacial score (nSPS) is 16.5. The number of carboxylic acid groups (broad SMARTS) is 3. The Morgan fingerprint density at radius 1 is 0.552 bits per heavy atom. The third kappa shape index (κ3) is 22.1. The van der Waals surface area contributed by atoms with E-state index >= 15 is 0 Å². The van der Waals surface area contributed by atoms with Crippen molar-refractivity contribution < 1.29 is 72.9 Å². The van der Waals surface area contributed by atoms with Gasteiger partial charge in [-0.2, -0.15) is 0 Å². The number of nitrogens with zero attached hydrogens (tertiary/aromatic N) is 1. The second-order valence-corrected chi connectivity index (χ2v) is 17.3. The average Bonchev–Trinajstić information content (AvgIpc) is 3.72. The van der Waals surface area contributed by atoms with Crippen molar-refractivity contribution in [2.75, 3.05) is 13.1 Å². The zero-order valence-electron chi connectivity index (χ0n) is 38.4. The molecule has 0 aromatic heterocycles. The number of aliphatic carboxylic acids is 3. The molecule has 0 saturated carbocycles. The van der Waals surface area contributed by atoms with E-state index in [0.717, 1.165) is 4.90 Å². The van der Waals surface area contributed by atoms with Crippen LogP contribution in [0.5, 0.6) is 0 Å². The first-order chi connectivity index (χ1) is 31.3. The number of hydrogen-bond acceptors (Lipinski definition) is 14. The van der Waals surface area contributed by atoms with Crippen LogP contribution in [0, 0.1) is 11.8 Å². The average molecular weight is 956 g/mol. The summed E-state index contributed by atoms with van der Waals surface area (Å²) in [5, 5.41) is 42.8. The summed E-state index contributed by atoms with van der Waals surface area (Å²) in [6.07, 6.45) is -2.91. The molecule has 8 atom stereocenters. The van der Waals surface area contributed by atoms with Gasteiger partial charge in [0.2, 0.25) is 53.2 Å². The monoisotopic (exact) mass is 955 g/mol. The largest absolute Gasteiger partial charge is 0.481 e. The summed E-state index contributed by atoms with van der Waals surface area (Å²) < 4.78 is 0. The fourth-order valence-corrected chi connectivity index (χ4v) is 7.08. The standard InChI is InChI=1S/C41H69N11O15/c1-20(2)16-22(43)34(59)49-27(18-31(45)54)38(63)50-26(17-21(3)4)37(62)47-24(10-12-30(44)53)36(61)46-23(8-5-6-14-42)35(60)51-28(19-33(57)58)39(64)48-25(11-13-32(55)56)40(65)52-15-7-9-29(52)41(66)67/h20-29H,5-19,42-43H2,1-4H3,(H2,44,53)(H2,45,54)(H,46,61)(H,47,62)(H,48,64)(H,49,59)(H,50,63)(H,51,60)(H,55,56)(H,57,58)(H,66,67)/t22-,23-,24-,25-,26-,27-,28-,29-/m0/s1. The molecular formula is C41H69N11O15. The van der Waals surface area contributed by atoms with E-state index in [2.05, 4.69) is 31.9 Å². The Morgan fingerprint density at radius 2 is 1.01 bits per heavy atom. The summed E-state index contributed by atoms with van der Waals surface area (Å²) in [5.41, 5.74) is 22.3. The number of carbonyl (C=O) groups excluding carboxylic acids is 9. The fraction of sp³-hybridized carbons (Fsp3) is 0.707. The number of carboxylic acids is 3. The molecule has 1 aliphatic rings. The third-order valence-electron chi connectivity index (χ3n) is 10.4. The van der Waals surface area contributed by atoms with Gasteiger partial charge in [-0.25, -0.2) is 4.79 Å². The van der Waals surface area contributed by atoms with Crippen LogP contribution in [0.3, 0.4) is 0 Å². The number of amides is 9. The highest BCUT2D eigenvalue weighted by Gasteiger charge is 2.40. The number of likely N-dealkylation sites (tertiary alicyclic amines) is 1. The van der Waals surface area contributed by atoms with Gasteiger partial charge in [0.25, 0.3) is 0 Å². The Bertz CT molecular complexity index is 1800. The number of nitrogens with one attached hydrogen (secondary N) is 6. The summed E-state index contributed by atoms with van der Waals surface area (Å²) in [7, 11) is 0. The molecule has 0 aliphatic carbocycles. The lowest BCUT2D eigenvalue weighted by atomic mass is 10.0. The summed E-state index contributed by atoms with van der Waals surface area (Å²) in [6.45, 7) is 7.17. The zero-order chi connectivity index (χ0) is 51.1. The highest BCUT2D eigenvalue weighted by atomic mass is 16.4. The van der Waals surface area contributed by atoms with Crippen molar-refractivity contribution in [3.8, 4) is 0 Å². The fourth-order valence-electron chi connectivity index (χ4n) is 7.08. The highest BCUT2D eigenvalue weighted by molar-refractivity contribution is 5.99. The molecule has 0 radical (unpaired) electrons. The number of unbranched alkanes of at least 4 members (excludes halogenated alkanes) is 1. The Balaban J connectivity index is 3.48. The van der Waals surface area contributed by atoms with Gasteiger partial charge in [0.15, 0.2) is 0 Å². The summed E-state index contributed by atoms with van der Waals surface area (Å²) in [4.78, 5) is 155. The minimum Gasteiger partial charge on any atom is -0.481 e. The lowest BCUT2D eigenvalue weighted by molar-refractivity contribution is -0.150. The van der Waals surface area contributed by atoms with E-state index in [1.165, 1.54) is 0 Å². The Kier molecular flexibility index (Phi) is 25.6. The van der Waals surface area contributed by atoms with Gasteiger partial charge in [-0.15, -0.1) is 0 Å². The van der Waals surface area contributed by atoms with Gasteiger partial charge in [0, 0.05) is 19.4 Å². The Morgan fingerprint density at radius 3 is 1.51 bits per heavy atom. The summed E-state index contributed by atoms with van der Waals surface area (Å²) in [5.74, 6) is -13.5. The van der Waals surface area contributed by atoms with Crippen LogP contribution in [0.4, 0.5) is 0 Å². The molecule has 0 aromatic rings. The van der Waals surface area contributed by atoms with Crippen LogP contribution in [-0.2, 0) is 57.5 Å². The molecule has 26 heteroatoms. The van der Waals surface area contributed by atoms with Crippen LogP contribution < -0.4 is 54.8 Å². The van der Waals surface area contributed by atoms with E-state index in [-0.39, 0.29) is 57.0 Å². The predicted molar refractivity (Wildman–Crippen MR) is 235 cm³/mol. The third-order valence-corrected chi connectivity index (χ3v) is 10.4. The SMILES string of the molecule is CC(C)C[C@H](NC(=O)[C@H](CC(N)=O)NC(=O)[C@@H](N)CC(C)C)C(=O)N[C@@H](CCC(N)=O)C(=O)N[C@@H](CCCCN)C(=O)N[C@@H](CC(=O)O)C(=O)N[C@@H](CCC(=O)O)C(=O)N1CCC[C@H]1C(=O)O. The maximum absolute atomic E-state index is 14.0. The van der Waals surface area contributed by atoms with Gasteiger partial charge < -0.3 is 75.1 Å². The topological polar surface area (TPSA) is 445 Å². The summed E-state index contributed by atoms with van der Waals surface area (Å²) in [6, 6.07) is -12.0. The summed E-state index contributed by atoms with van der Waals surface area (Å²) >= 11 is 0. The molecule has 378 valence electrons. The lowest BCUT2D eigenvalue weighted by Gasteiger charge is -2.29.